The standard InChI is InChI=1S/C12H16BrNO3/c1-9(7-15)6-14-12(16)8-17-11-4-2-10(13)3-5-11/h2-5,9,15H,6-8H2,1H3,(H,14,16). The van der Waals surface area contributed by atoms with Gasteiger partial charge in [-0.1, -0.05) is 22.9 Å². The summed E-state index contributed by atoms with van der Waals surface area (Å²) < 4.78 is 6.26. The van der Waals surface area contributed by atoms with Gasteiger partial charge in [0.25, 0.3) is 5.91 Å². The van der Waals surface area contributed by atoms with Crippen LogP contribution in [0, 0.1) is 5.92 Å². The van der Waals surface area contributed by atoms with Crippen LogP contribution in [0.1, 0.15) is 6.92 Å². The molecule has 0 aromatic heterocycles. The molecule has 0 fully saturated rings. The number of carbonyl (C=O) groups is 1. The third kappa shape index (κ3) is 5.70. The number of benzene rings is 1. The van der Waals surface area contributed by atoms with Crippen molar-refractivity contribution >= 4 is 21.8 Å². The second-order valence-corrected chi connectivity index (χ2v) is 4.75. The van der Waals surface area contributed by atoms with E-state index >= 15 is 0 Å². The molecule has 17 heavy (non-hydrogen) atoms. The molecule has 4 nitrogen and oxygen atoms in total. The van der Waals surface area contributed by atoms with E-state index in [1.165, 1.54) is 0 Å². The monoisotopic (exact) mass is 301 g/mol. The first-order valence-electron chi connectivity index (χ1n) is 5.37. The molecule has 0 radical (unpaired) electrons. The molecule has 94 valence electrons. The highest BCUT2D eigenvalue weighted by molar-refractivity contribution is 9.10. The van der Waals surface area contributed by atoms with Crippen LogP contribution in [0.3, 0.4) is 0 Å². The Balaban J connectivity index is 2.26. The van der Waals surface area contributed by atoms with Gasteiger partial charge < -0.3 is 15.2 Å². The normalized spacial score (nSPS) is 11.9. The van der Waals surface area contributed by atoms with E-state index in [1.54, 1.807) is 12.1 Å². The highest BCUT2D eigenvalue weighted by Gasteiger charge is 2.05. The summed E-state index contributed by atoms with van der Waals surface area (Å²) in [7, 11) is 0. The first kappa shape index (κ1) is 14.0. The number of nitrogens with one attached hydrogen (secondary N) is 1. The Kier molecular flexibility index (Phi) is 6.00. The Hall–Kier alpha value is -1.07. The Morgan fingerprint density at radius 3 is 2.71 bits per heavy atom. The second kappa shape index (κ2) is 7.29. The van der Waals surface area contributed by atoms with Crippen molar-refractivity contribution in [1.29, 1.82) is 0 Å². The van der Waals surface area contributed by atoms with Gasteiger partial charge >= 0.3 is 0 Å². The fourth-order valence-corrected chi connectivity index (χ4v) is 1.35. The van der Waals surface area contributed by atoms with Crippen LogP contribution in [0.4, 0.5) is 0 Å². The molecular weight excluding hydrogens is 286 g/mol. The van der Waals surface area contributed by atoms with Crippen LogP contribution in [0.15, 0.2) is 28.7 Å². The van der Waals surface area contributed by atoms with Crippen molar-refractivity contribution in [3.05, 3.63) is 28.7 Å². The Labute approximate surface area is 109 Å². The molecule has 1 aromatic carbocycles. The van der Waals surface area contributed by atoms with Crippen molar-refractivity contribution in [3.63, 3.8) is 0 Å². The lowest BCUT2D eigenvalue weighted by molar-refractivity contribution is -0.123. The number of amides is 1. The molecular formula is C12H16BrNO3. The Morgan fingerprint density at radius 2 is 2.12 bits per heavy atom. The van der Waals surface area contributed by atoms with Crippen molar-refractivity contribution in [3.8, 4) is 5.75 Å². The maximum absolute atomic E-state index is 11.4. The molecule has 5 heteroatoms. The summed E-state index contributed by atoms with van der Waals surface area (Å²) >= 11 is 3.32. The number of ether oxygens (including phenoxy) is 1. The predicted octanol–water partition coefficient (Wildman–Crippen LogP) is 1.57. The minimum absolute atomic E-state index is 0.0141. The Morgan fingerprint density at radius 1 is 1.47 bits per heavy atom. The van der Waals surface area contributed by atoms with E-state index in [9.17, 15) is 4.79 Å². The van der Waals surface area contributed by atoms with E-state index in [2.05, 4.69) is 21.2 Å². The van der Waals surface area contributed by atoms with Crippen LogP contribution in [0.5, 0.6) is 5.75 Å². The number of hydrogen-bond acceptors (Lipinski definition) is 3. The van der Waals surface area contributed by atoms with Crippen LogP contribution < -0.4 is 10.1 Å². The molecule has 0 aliphatic heterocycles. The summed E-state index contributed by atoms with van der Waals surface area (Å²) in [5.74, 6) is 0.526. The van der Waals surface area contributed by atoms with E-state index in [0.29, 0.717) is 12.3 Å². The topological polar surface area (TPSA) is 58.6 Å². The van der Waals surface area contributed by atoms with Gasteiger partial charge in [-0.15, -0.1) is 0 Å². The summed E-state index contributed by atoms with van der Waals surface area (Å²) in [5, 5.41) is 11.5. The largest absolute Gasteiger partial charge is 0.484 e. The first-order chi connectivity index (χ1) is 8.11. The fraction of sp³-hybridized carbons (Fsp3) is 0.417. The highest BCUT2D eigenvalue weighted by atomic mass is 79.9. The van der Waals surface area contributed by atoms with Gasteiger partial charge in [-0.3, -0.25) is 4.79 Å². The minimum Gasteiger partial charge on any atom is -0.484 e. The molecule has 1 atom stereocenters. The Bertz CT molecular complexity index is 353. The van der Waals surface area contributed by atoms with Crippen molar-refractivity contribution < 1.29 is 14.6 Å². The van der Waals surface area contributed by atoms with Crippen molar-refractivity contribution in [2.75, 3.05) is 19.8 Å². The predicted molar refractivity (Wildman–Crippen MR) is 68.9 cm³/mol. The van der Waals surface area contributed by atoms with Crippen molar-refractivity contribution in [2.45, 2.75) is 6.92 Å². The molecule has 0 heterocycles. The van der Waals surface area contributed by atoms with E-state index < -0.39 is 0 Å². The summed E-state index contributed by atoms with van der Waals surface area (Å²) in [5.41, 5.74) is 0. The molecule has 1 amide bonds. The molecule has 0 saturated carbocycles. The number of halogens is 1. The molecule has 1 rings (SSSR count). The van der Waals surface area contributed by atoms with E-state index in [0.717, 1.165) is 4.47 Å². The zero-order valence-corrected chi connectivity index (χ0v) is 11.2. The zero-order valence-electron chi connectivity index (χ0n) is 9.65. The average molecular weight is 302 g/mol. The van der Waals surface area contributed by atoms with Gasteiger partial charge in [0.05, 0.1) is 0 Å². The van der Waals surface area contributed by atoms with Gasteiger partial charge in [0.15, 0.2) is 6.61 Å². The molecule has 0 saturated heterocycles. The lowest BCUT2D eigenvalue weighted by Crippen LogP contribution is -2.33. The van der Waals surface area contributed by atoms with E-state index in [-0.39, 0.29) is 25.0 Å². The summed E-state index contributed by atoms with van der Waals surface area (Å²) in [6.45, 7) is 2.36. The first-order valence-corrected chi connectivity index (χ1v) is 6.17. The summed E-state index contributed by atoms with van der Waals surface area (Å²) in [4.78, 5) is 11.4. The maximum Gasteiger partial charge on any atom is 0.257 e. The highest BCUT2D eigenvalue weighted by Crippen LogP contribution is 2.15. The van der Waals surface area contributed by atoms with Crippen molar-refractivity contribution in [1.82, 2.24) is 5.32 Å². The number of aliphatic hydroxyl groups is 1. The van der Waals surface area contributed by atoms with Gasteiger partial charge in [-0.05, 0) is 30.2 Å². The molecule has 0 spiro atoms. The zero-order chi connectivity index (χ0) is 12.7. The number of rotatable bonds is 6. The minimum atomic E-state index is -0.187. The van der Waals surface area contributed by atoms with Gasteiger partial charge in [0.2, 0.25) is 0 Å². The lowest BCUT2D eigenvalue weighted by Gasteiger charge is -2.10. The molecule has 1 unspecified atom stereocenters. The van der Waals surface area contributed by atoms with Gasteiger partial charge in [-0.25, -0.2) is 0 Å². The number of hydrogen-bond donors (Lipinski definition) is 2. The summed E-state index contributed by atoms with van der Waals surface area (Å²) in [6, 6.07) is 7.27. The fourth-order valence-electron chi connectivity index (χ4n) is 1.08. The third-order valence-corrected chi connectivity index (χ3v) is 2.67. The molecule has 0 bridgehead atoms. The van der Waals surface area contributed by atoms with Crippen LogP contribution in [0.25, 0.3) is 0 Å². The van der Waals surface area contributed by atoms with Gasteiger partial charge in [0.1, 0.15) is 5.75 Å². The quantitative estimate of drug-likeness (QED) is 0.838. The maximum atomic E-state index is 11.4. The van der Waals surface area contributed by atoms with E-state index in [4.69, 9.17) is 9.84 Å². The van der Waals surface area contributed by atoms with E-state index in [1.807, 2.05) is 19.1 Å². The average Bonchev–Trinajstić information content (AvgIpc) is 2.35. The van der Waals surface area contributed by atoms with Crippen molar-refractivity contribution in [2.24, 2.45) is 5.92 Å². The number of carbonyl (C=O) groups excluding carboxylic acids is 1. The van der Waals surface area contributed by atoms with Crippen LogP contribution >= 0.6 is 15.9 Å². The molecule has 0 aliphatic rings. The second-order valence-electron chi connectivity index (χ2n) is 3.83. The SMILES string of the molecule is CC(CO)CNC(=O)COc1ccc(Br)cc1. The molecule has 2 N–H and O–H groups in total. The lowest BCUT2D eigenvalue weighted by atomic mass is 10.2. The third-order valence-electron chi connectivity index (χ3n) is 2.14. The van der Waals surface area contributed by atoms with Crippen LogP contribution in [0.2, 0.25) is 0 Å². The van der Waals surface area contributed by atoms with Crippen LogP contribution in [-0.4, -0.2) is 30.8 Å². The smallest absolute Gasteiger partial charge is 0.257 e. The molecule has 0 aliphatic carbocycles. The summed E-state index contributed by atoms with van der Waals surface area (Å²) in [6.07, 6.45) is 0. The molecule has 1 aromatic rings. The number of aliphatic hydroxyl groups excluding tert-OH is 1. The van der Waals surface area contributed by atoms with Gasteiger partial charge in [0, 0.05) is 17.6 Å². The van der Waals surface area contributed by atoms with Crippen LogP contribution in [-0.2, 0) is 4.79 Å². The van der Waals surface area contributed by atoms with Gasteiger partial charge in [-0.2, -0.15) is 0 Å².